The standard InChI is InChI=1S/C15H18F3NO2/c1-2-13(11-6-4-3-5-7-11)14(20)19-8-12(9-19)21-10-15(16,17)18/h3-7,12-13H,2,8-10H2,1H3/t13-/m1/s1. The molecular weight excluding hydrogens is 283 g/mol. The molecule has 0 N–H and O–H groups in total. The van der Waals surface area contributed by atoms with Crippen LogP contribution in [0.2, 0.25) is 0 Å². The molecule has 6 heteroatoms. The highest BCUT2D eigenvalue weighted by molar-refractivity contribution is 5.84. The summed E-state index contributed by atoms with van der Waals surface area (Å²) in [4.78, 5) is 13.9. The zero-order valence-corrected chi connectivity index (χ0v) is 11.8. The summed E-state index contributed by atoms with van der Waals surface area (Å²) >= 11 is 0. The first-order chi connectivity index (χ1) is 9.90. The van der Waals surface area contributed by atoms with Crippen molar-refractivity contribution >= 4 is 5.91 Å². The highest BCUT2D eigenvalue weighted by atomic mass is 19.4. The van der Waals surface area contributed by atoms with Gasteiger partial charge >= 0.3 is 6.18 Å². The number of alkyl halides is 3. The minimum absolute atomic E-state index is 0.0458. The summed E-state index contributed by atoms with van der Waals surface area (Å²) in [6.07, 6.45) is -4.17. The Morgan fingerprint density at radius 3 is 2.48 bits per heavy atom. The molecule has 116 valence electrons. The highest BCUT2D eigenvalue weighted by Gasteiger charge is 2.37. The lowest BCUT2D eigenvalue weighted by Crippen LogP contribution is -2.56. The van der Waals surface area contributed by atoms with Crippen molar-refractivity contribution in [2.24, 2.45) is 0 Å². The van der Waals surface area contributed by atoms with Gasteiger partial charge in [0, 0.05) is 13.1 Å². The Labute approximate surface area is 121 Å². The maximum atomic E-state index is 12.4. The van der Waals surface area contributed by atoms with Crippen LogP contribution in [0, 0.1) is 0 Å². The smallest absolute Gasteiger partial charge is 0.365 e. The van der Waals surface area contributed by atoms with Crippen molar-refractivity contribution < 1.29 is 22.7 Å². The Hall–Kier alpha value is -1.56. The third-order valence-electron chi connectivity index (χ3n) is 3.55. The summed E-state index contributed by atoms with van der Waals surface area (Å²) in [6, 6.07) is 9.41. The summed E-state index contributed by atoms with van der Waals surface area (Å²) in [5, 5.41) is 0. The summed E-state index contributed by atoms with van der Waals surface area (Å²) in [5.74, 6) is -0.287. The maximum absolute atomic E-state index is 12.4. The van der Waals surface area contributed by atoms with Crippen LogP contribution in [-0.2, 0) is 9.53 Å². The number of hydrogen-bond donors (Lipinski definition) is 0. The molecule has 1 heterocycles. The first kappa shape index (κ1) is 15.8. The van der Waals surface area contributed by atoms with Gasteiger partial charge in [-0.25, -0.2) is 0 Å². The fourth-order valence-electron chi connectivity index (χ4n) is 2.39. The molecule has 0 saturated carbocycles. The minimum atomic E-state index is -4.32. The molecule has 0 aliphatic carbocycles. The van der Waals surface area contributed by atoms with Crippen LogP contribution >= 0.6 is 0 Å². The van der Waals surface area contributed by atoms with Crippen LogP contribution in [0.15, 0.2) is 30.3 Å². The molecule has 0 radical (unpaired) electrons. The van der Waals surface area contributed by atoms with Gasteiger partial charge in [0.2, 0.25) is 5.91 Å². The van der Waals surface area contributed by atoms with Gasteiger partial charge in [0.05, 0.1) is 12.0 Å². The molecule has 0 spiro atoms. The Kier molecular flexibility index (Phi) is 4.88. The Balaban J connectivity index is 1.85. The van der Waals surface area contributed by atoms with Crippen LogP contribution in [0.4, 0.5) is 13.2 Å². The molecule has 3 nitrogen and oxygen atoms in total. The van der Waals surface area contributed by atoms with Crippen molar-refractivity contribution in [1.29, 1.82) is 0 Å². The predicted molar refractivity (Wildman–Crippen MR) is 71.8 cm³/mol. The van der Waals surface area contributed by atoms with Crippen LogP contribution in [0.5, 0.6) is 0 Å². The Morgan fingerprint density at radius 1 is 1.33 bits per heavy atom. The lowest BCUT2D eigenvalue weighted by Gasteiger charge is -2.40. The molecule has 1 aromatic rings. The zero-order chi connectivity index (χ0) is 15.5. The monoisotopic (exact) mass is 301 g/mol. The number of likely N-dealkylation sites (tertiary alicyclic amines) is 1. The fraction of sp³-hybridized carbons (Fsp3) is 0.533. The second-order valence-corrected chi connectivity index (χ2v) is 5.16. The Bertz CT molecular complexity index is 470. The number of hydrogen-bond acceptors (Lipinski definition) is 2. The van der Waals surface area contributed by atoms with Gasteiger partial charge in [0.1, 0.15) is 6.61 Å². The van der Waals surface area contributed by atoms with E-state index < -0.39 is 18.9 Å². The van der Waals surface area contributed by atoms with E-state index in [2.05, 4.69) is 0 Å². The molecule has 1 aromatic carbocycles. The summed E-state index contributed by atoms with van der Waals surface area (Å²) < 4.78 is 40.8. The maximum Gasteiger partial charge on any atom is 0.411 e. The first-order valence-corrected chi connectivity index (χ1v) is 6.92. The van der Waals surface area contributed by atoms with Gasteiger partial charge in [0.15, 0.2) is 0 Å². The van der Waals surface area contributed by atoms with Crippen molar-refractivity contribution in [3.8, 4) is 0 Å². The van der Waals surface area contributed by atoms with E-state index in [1.807, 2.05) is 37.3 Å². The molecule has 1 saturated heterocycles. The molecule has 2 rings (SSSR count). The zero-order valence-electron chi connectivity index (χ0n) is 11.8. The molecule has 1 aliphatic rings. The number of benzene rings is 1. The number of carbonyl (C=O) groups excluding carboxylic acids is 1. The van der Waals surface area contributed by atoms with Gasteiger partial charge in [-0.1, -0.05) is 37.3 Å². The van der Waals surface area contributed by atoms with Crippen molar-refractivity contribution in [3.05, 3.63) is 35.9 Å². The fourth-order valence-corrected chi connectivity index (χ4v) is 2.39. The number of halogens is 3. The molecule has 21 heavy (non-hydrogen) atoms. The molecule has 0 aromatic heterocycles. The number of ether oxygens (including phenoxy) is 1. The van der Waals surface area contributed by atoms with E-state index in [-0.39, 0.29) is 24.9 Å². The Morgan fingerprint density at radius 2 is 1.95 bits per heavy atom. The van der Waals surface area contributed by atoms with E-state index in [1.54, 1.807) is 4.90 Å². The average molecular weight is 301 g/mol. The number of amides is 1. The van der Waals surface area contributed by atoms with Crippen molar-refractivity contribution in [2.45, 2.75) is 31.5 Å². The lowest BCUT2D eigenvalue weighted by molar-refractivity contribution is -0.200. The quantitative estimate of drug-likeness (QED) is 0.837. The van der Waals surface area contributed by atoms with Gasteiger partial charge in [-0.2, -0.15) is 13.2 Å². The summed E-state index contributed by atoms with van der Waals surface area (Å²) in [7, 11) is 0. The molecule has 1 amide bonds. The van der Waals surface area contributed by atoms with Crippen molar-refractivity contribution in [1.82, 2.24) is 4.90 Å². The van der Waals surface area contributed by atoms with Gasteiger partial charge in [-0.15, -0.1) is 0 Å². The normalized spacial score (nSPS) is 17.4. The number of nitrogens with zero attached hydrogens (tertiary/aromatic N) is 1. The van der Waals surface area contributed by atoms with Gasteiger partial charge in [-0.3, -0.25) is 4.79 Å². The number of rotatable bonds is 5. The predicted octanol–water partition coefficient (Wildman–Crippen LogP) is 2.97. The molecule has 0 bridgehead atoms. The van der Waals surface area contributed by atoms with Crippen LogP contribution in [0.3, 0.4) is 0 Å². The highest BCUT2D eigenvalue weighted by Crippen LogP contribution is 2.26. The van der Waals surface area contributed by atoms with Crippen LogP contribution < -0.4 is 0 Å². The van der Waals surface area contributed by atoms with E-state index >= 15 is 0 Å². The summed E-state index contributed by atoms with van der Waals surface area (Å²) in [6.45, 7) is 1.14. The summed E-state index contributed by atoms with van der Waals surface area (Å²) in [5.41, 5.74) is 0.935. The second kappa shape index (κ2) is 6.47. The van der Waals surface area contributed by atoms with Crippen molar-refractivity contribution in [2.75, 3.05) is 19.7 Å². The topological polar surface area (TPSA) is 29.5 Å². The second-order valence-electron chi connectivity index (χ2n) is 5.16. The van der Waals surface area contributed by atoms with Gasteiger partial charge < -0.3 is 9.64 Å². The van der Waals surface area contributed by atoms with Crippen LogP contribution in [0.1, 0.15) is 24.8 Å². The lowest BCUT2D eigenvalue weighted by atomic mass is 9.93. The van der Waals surface area contributed by atoms with E-state index in [0.717, 1.165) is 5.56 Å². The first-order valence-electron chi connectivity index (χ1n) is 6.92. The molecule has 0 unspecified atom stereocenters. The average Bonchev–Trinajstić information content (AvgIpc) is 2.37. The largest absolute Gasteiger partial charge is 0.411 e. The van der Waals surface area contributed by atoms with Gasteiger partial charge in [-0.05, 0) is 12.0 Å². The minimum Gasteiger partial charge on any atom is -0.365 e. The SMILES string of the molecule is CC[C@@H](C(=O)N1CC(OCC(F)(F)F)C1)c1ccccc1. The van der Waals surface area contributed by atoms with Crippen molar-refractivity contribution in [3.63, 3.8) is 0 Å². The molecular formula is C15H18F3NO2. The molecule has 1 fully saturated rings. The van der Waals surface area contributed by atoms with E-state index in [9.17, 15) is 18.0 Å². The van der Waals surface area contributed by atoms with E-state index in [1.165, 1.54) is 0 Å². The van der Waals surface area contributed by atoms with E-state index in [4.69, 9.17) is 4.74 Å². The molecule has 1 atom stereocenters. The van der Waals surface area contributed by atoms with E-state index in [0.29, 0.717) is 6.42 Å². The van der Waals surface area contributed by atoms with Crippen LogP contribution in [-0.4, -0.2) is 42.8 Å². The third kappa shape index (κ3) is 4.20. The third-order valence-corrected chi connectivity index (χ3v) is 3.55. The van der Waals surface area contributed by atoms with Crippen LogP contribution in [0.25, 0.3) is 0 Å². The number of carbonyl (C=O) groups is 1. The molecule has 1 aliphatic heterocycles. The van der Waals surface area contributed by atoms with Gasteiger partial charge in [0.25, 0.3) is 0 Å².